The second kappa shape index (κ2) is 5.15. The summed E-state index contributed by atoms with van der Waals surface area (Å²) in [6.07, 6.45) is -6.87. The van der Waals surface area contributed by atoms with E-state index in [9.17, 15) is 0 Å². The highest BCUT2D eigenvalue weighted by molar-refractivity contribution is 4.96. The summed E-state index contributed by atoms with van der Waals surface area (Å²) in [5.74, 6) is -0.725. The zero-order valence-electron chi connectivity index (χ0n) is 6.91. The van der Waals surface area contributed by atoms with Crippen LogP contribution in [0.3, 0.4) is 0 Å². The van der Waals surface area contributed by atoms with Gasteiger partial charge in [0.15, 0.2) is 0 Å². The van der Waals surface area contributed by atoms with Crippen molar-refractivity contribution in [3.63, 3.8) is 0 Å². The molecule has 0 bridgehead atoms. The highest BCUT2D eigenvalue weighted by atomic mass is 16.4. The molecule has 0 amide bonds. The van der Waals surface area contributed by atoms with Crippen LogP contribution in [0.5, 0.6) is 0 Å². The van der Waals surface area contributed by atoms with Crippen LogP contribution >= 0.6 is 0 Å². The van der Waals surface area contributed by atoms with E-state index in [1.807, 2.05) is 0 Å². The normalized spacial score (nSPS) is 20.4. The molecule has 0 heterocycles. The van der Waals surface area contributed by atoms with Crippen LogP contribution in [-0.4, -0.2) is 61.7 Å². The Bertz CT molecular complexity index is 170. The van der Waals surface area contributed by atoms with Gasteiger partial charge in [-0.05, 0) is 0 Å². The first-order chi connectivity index (χ1) is 5.91. The zero-order valence-corrected chi connectivity index (χ0v) is 6.91. The van der Waals surface area contributed by atoms with Gasteiger partial charge in [-0.1, -0.05) is 6.58 Å². The van der Waals surface area contributed by atoms with Gasteiger partial charge in [0.2, 0.25) is 0 Å². The van der Waals surface area contributed by atoms with Crippen LogP contribution in [0.4, 0.5) is 0 Å². The fraction of sp³-hybridized carbons (Fsp3) is 0.714. The topological polar surface area (TPSA) is 121 Å². The summed E-state index contributed by atoms with van der Waals surface area (Å²) in [5, 5.41) is 52.9. The molecule has 0 spiro atoms. The van der Waals surface area contributed by atoms with Gasteiger partial charge in [-0.15, -0.1) is 0 Å². The molecule has 0 aromatic carbocycles. The Kier molecular flexibility index (Phi) is 4.89. The van der Waals surface area contributed by atoms with E-state index in [-0.39, 0.29) is 0 Å². The van der Waals surface area contributed by atoms with E-state index in [4.69, 9.17) is 30.6 Å². The van der Waals surface area contributed by atoms with Gasteiger partial charge in [0.05, 0.1) is 6.61 Å². The molecule has 6 N–H and O–H groups in total. The number of aliphatic hydroxyl groups excluding tert-OH is 6. The SMILES string of the molecule is C=C(O)[C@@H](O)[C@@H](O)[C@H](O)[C@H](O)CO. The summed E-state index contributed by atoms with van der Waals surface area (Å²) < 4.78 is 0. The maximum absolute atomic E-state index is 9.07. The quantitative estimate of drug-likeness (QED) is 0.269. The van der Waals surface area contributed by atoms with Crippen LogP contribution in [0, 0.1) is 0 Å². The lowest BCUT2D eigenvalue weighted by Gasteiger charge is -2.24. The first-order valence-electron chi connectivity index (χ1n) is 3.62. The van der Waals surface area contributed by atoms with Crippen molar-refractivity contribution in [2.45, 2.75) is 24.4 Å². The van der Waals surface area contributed by atoms with Gasteiger partial charge in [0.25, 0.3) is 0 Å². The molecule has 0 aromatic heterocycles. The van der Waals surface area contributed by atoms with Crippen molar-refractivity contribution in [2.75, 3.05) is 6.61 Å². The maximum Gasteiger partial charge on any atom is 0.139 e. The minimum absolute atomic E-state index is 0.725. The van der Waals surface area contributed by atoms with E-state index < -0.39 is 36.8 Å². The highest BCUT2D eigenvalue weighted by Crippen LogP contribution is 2.08. The molecular weight excluding hydrogens is 180 g/mol. The lowest BCUT2D eigenvalue weighted by Crippen LogP contribution is -2.46. The third-order valence-corrected chi connectivity index (χ3v) is 1.60. The van der Waals surface area contributed by atoms with Gasteiger partial charge in [0, 0.05) is 0 Å². The standard InChI is InChI=1S/C7H14O6/c1-3(9)5(11)7(13)6(12)4(10)2-8/h4-13H,1-2H2/t4-,5-,6-,7-/m1/s1. The van der Waals surface area contributed by atoms with E-state index in [0.717, 1.165) is 0 Å². The van der Waals surface area contributed by atoms with Crippen molar-refractivity contribution >= 4 is 0 Å². The molecular formula is C7H14O6. The molecule has 0 aliphatic rings. The van der Waals surface area contributed by atoms with Gasteiger partial charge in [-0.25, -0.2) is 0 Å². The van der Waals surface area contributed by atoms with Crippen molar-refractivity contribution < 1.29 is 30.6 Å². The van der Waals surface area contributed by atoms with Gasteiger partial charge in [-0.2, -0.15) is 0 Å². The molecule has 0 rings (SSSR count). The Morgan fingerprint density at radius 3 is 1.85 bits per heavy atom. The van der Waals surface area contributed by atoms with E-state index in [1.165, 1.54) is 0 Å². The molecule has 0 fully saturated rings. The molecule has 0 unspecified atom stereocenters. The lowest BCUT2D eigenvalue weighted by atomic mass is 10.0. The molecule has 6 heteroatoms. The molecule has 78 valence electrons. The second-order valence-electron chi connectivity index (χ2n) is 2.67. The summed E-state index contributed by atoms with van der Waals surface area (Å²) in [5.41, 5.74) is 0. The number of rotatable bonds is 5. The van der Waals surface area contributed by atoms with Crippen LogP contribution in [0.15, 0.2) is 12.3 Å². The third kappa shape index (κ3) is 3.29. The monoisotopic (exact) mass is 194 g/mol. The average molecular weight is 194 g/mol. The van der Waals surface area contributed by atoms with Crippen molar-refractivity contribution in [1.29, 1.82) is 0 Å². The largest absolute Gasteiger partial charge is 0.510 e. The number of aliphatic hydroxyl groups is 6. The van der Waals surface area contributed by atoms with E-state index in [1.54, 1.807) is 0 Å². The van der Waals surface area contributed by atoms with Crippen molar-refractivity contribution in [2.24, 2.45) is 0 Å². The molecule has 4 atom stereocenters. The molecule has 0 saturated heterocycles. The summed E-state index contributed by atoms with van der Waals surface area (Å²) in [6, 6.07) is 0. The highest BCUT2D eigenvalue weighted by Gasteiger charge is 2.31. The Balaban J connectivity index is 4.24. The fourth-order valence-electron chi connectivity index (χ4n) is 0.719. The van der Waals surface area contributed by atoms with Crippen LogP contribution < -0.4 is 0 Å². The number of hydrogen-bond donors (Lipinski definition) is 6. The summed E-state index contributed by atoms with van der Waals surface area (Å²) in [7, 11) is 0. The predicted octanol–water partition coefficient (Wildman–Crippen LogP) is -2.51. The van der Waals surface area contributed by atoms with Gasteiger partial charge >= 0.3 is 0 Å². The maximum atomic E-state index is 9.07. The van der Waals surface area contributed by atoms with Gasteiger partial charge < -0.3 is 30.6 Å². The lowest BCUT2D eigenvalue weighted by molar-refractivity contribution is -0.112. The molecule has 0 radical (unpaired) electrons. The Morgan fingerprint density at radius 2 is 1.54 bits per heavy atom. The Morgan fingerprint density at radius 1 is 1.08 bits per heavy atom. The van der Waals surface area contributed by atoms with Gasteiger partial charge in [0.1, 0.15) is 30.2 Å². The third-order valence-electron chi connectivity index (χ3n) is 1.60. The van der Waals surface area contributed by atoms with E-state index >= 15 is 0 Å². The van der Waals surface area contributed by atoms with Gasteiger partial charge in [-0.3, -0.25) is 0 Å². The first-order valence-corrected chi connectivity index (χ1v) is 3.62. The smallest absolute Gasteiger partial charge is 0.139 e. The molecule has 0 aliphatic carbocycles. The van der Waals surface area contributed by atoms with E-state index in [2.05, 4.69) is 6.58 Å². The number of hydrogen-bond acceptors (Lipinski definition) is 6. The van der Waals surface area contributed by atoms with Crippen molar-refractivity contribution in [1.82, 2.24) is 0 Å². The minimum Gasteiger partial charge on any atom is -0.510 e. The van der Waals surface area contributed by atoms with Crippen LogP contribution in [0.1, 0.15) is 0 Å². The minimum atomic E-state index is -1.79. The molecule has 0 aliphatic heterocycles. The second-order valence-corrected chi connectivity index (χ2v) is 2.67. The summed E-state index contributed by atoms with van der Waals surface area (Å²) in [4.78, 5) is 0. The Labute approximate surface area is 75.0 Å². The Hall–Kier alpha value is -0.660. The zero-order chi connectivity index (χ0) is 10.6. The molecule has 6 nitrogen and oxygen atoms in total. The first kappa shape index (κ1) is 12.3. The summed E-state index contributed by atoms with van der Waals surface area (Å²) in [6.45, 7) is 2.17. The van der Waals surface area contributed by atoms with Crippen molar-refractivity contribution in [3.05, 3.63) is 12.3 Å². The van der Waals surface area contributed by atoms with Crippen LogP contribution in [0.2, 0.25) is 0 Å². The molecule has 0 saturated carbocycles. The van der Waals surface area contributed by atoms with Crippen molar-refractivity contribution in [3.8, 4) is 0 Å². The average Bonchev–Trinajstić information content (AvgIpc) is 2.12. The van der Waals surface area contributed by atoms with Crippen LogP contribution in [0.25, 0.3) is 0 Å². The molecule has 13 heavy (non-hydrogen) atoms. The fourth-order valence-corrected chi connectivity index (χ4v) is 0.719. The van der Waals surface area contributed by atoms with Crippen LogP contribution in [-0.2, 0) is 0 Å². The predicted molar refractivity (Wildman–Crippen MR) is 42.9 cm³/mol. The summed E-state index contributed by atoms with van der Waals surface area (Å²) >= 11 is 0. The molecule has 0 aromatic rings. The van der Waals surface area contributed by atoms with E-state index in [0.29, 0.717) is 0 Å².